The molecule has 3 nitrogen and oxygen atoms in total. The fourth-order valence-corrected chi connectivity index (χ4v) is 1.57. The van der Waals surface area contributed by atoms with Crippen LogP contribution in [0, 0.1) is 5.82 Å². The molecule has 0 aromatic heterocycles. The summed E-state index contributed by atoms with van der Waals surface area (Å²) in [5.74, 6) is -0.393. The van der Waals surface area contributed by atoms with Crippen molar-refractivity contribution in [1.82, 2.24) is 0 Å². The Kier molecular flexibility index (Phi) is 4.43. The summed E-state index contributed by atoms with van der Waals surface area (Å²) in [6.45, 7) is 2.38. The molecule has 0 aliphatic rings. The van der Waals surface area contributed by atoms with Crippen LogP contribution in [0.4, 0.5) is 10.1 Å². The molecule has 0 aliphatic heterocycles. The monoisotopic (exact) mass is 225 g/mol. The van der Waals surface area contributed by atoms with Gasteiger partial charge in [-0.1, -0.05) is 6.07 Å². The number of benzene rings is 1. The number of hydrogen-bond donors (Lipinski definition) is 0. The van der Waals surface area contributed by atoms with Crippen molar-refractivity contribution in [3.63, 3.8) is 0 Å². The zero-order valence-corrected chi connectivity index (χ0v) is 9.74. The number of methoxy groups -OCH3 is 1. The minimum Gasteiger partial charge on any atom is -0.383 e. The van der Waals surface area contributed by atoms with Gasteiger partial charge in [-0.2, -0.15) is 0 Å². The Morgan fingerprint density at radius 3 is 2.81 bits per heavy atom. The lowest BCUT2D eigenvalue weighted by Crippen LogP contribution is -2.34. The van der Waals surface area contributed by atoms with Crippen molar-refractivity contribution in [3.05, 3.63) is 29.6 Å². The summed E-state index contributed by atoms with van der Waals surface area (Å²) in [7, 11) is 3.33. The van der Waals surface area contributed by atoms with E-state index in [-0.39, 0.29) is 6.04 Å². The quantitative estimate of drug-likeness (QED) is 0.719. The van der Waals surface area contributed by atoms with E-state index in [1.165, 1.54) is 12.1 Å². The molecule has 1 aromatic rings. The predicted molar refractivity (Wildman–Crippen MR) is 61.5 cm³/mol. The van der Waals surface area contributed by atoms with Gasteiger partial charge in [0, 0.05) is 25.8 Å². The Balaban J connectivity index is 3.06. The van der Waals surface area contributed by atoms with Gasteiger partial charge in [0.1, 0.15) is 5.82 Å². The first kappa shape index (κ1) is 12.6. The van der Waals surface area contributed by atoms with Crippen LogP contribution in [-0.2, 0) is 4.74 Å². The largest absolute Gasteiger partial charge is 0.383 e. The average molecular weight is 225 g/mol. The average Bonchev–Trinajstić information content (AvgIpc) is 2.28. The highest BCUT2D eigenvalue weighted by atomic mass is 19.1. The maximum absolute atomic E-state index is 13.6. The normalized spacial score (nSPS) is 12.2. The van der Waals surface area contributed by atoms with Crippen molar-refractivity contribution in [2.75, 3.05) is 25.7 Å². The third-order valence-electron chi connectivity index (χ3n) is 2.57. The van der Waals surface area contributed by atoms with E-state index < -0.39 is 5.82 Å². The Morgan fingerprint density at radius 2 is 2.25 bits per heavy atom. The van der Waals surface area contributed by atoms with Gasteiger partial charge in [-0.05, 0) is 19.1 Å². The number of halogens is 1. The highest BCUT2D eigenvalue weighted by Gasteiger charge is 2.17. The van der Waals surface area contributed by atoms with E-state index in [4.69, 9.17) is 4.74 Å². The fraction of sp³-hybridized carbons (Fsp3) is 0.417. The maximum atomic E-state index is 13.6. The van der Waals surface area contributed by atoms with E-state index in [1.54, 1.807) is 25.1 Å². The smallest absolute Gasteiger partial charge is 0.152 e. The van der Waals surface area contributed by atoms with Crippen molar-refractivity contribution in [2.24, 2.45) is 0 Å². The van der Waals surface area contributed by atoms with E-state index in [0.29, 0.717) is 24.1 Å². The zero-order valence-electron chi connectivity index (χ0n) is 9.74. The zero-order chi connectivity index (χ0) is 12.1. The molecule has 0 heterocycles. The van der Waals surface area contributed by atoms with Gasteiger partial charge in [-0.25, -0.2) is 4.39 Å². The second-order valence-electron chi connectivity index (χ2n) is 3.71. The molecular formula is C12H16FNO2. The Bertz CT molecular complexity index is 368. The topological polar surface area (TPSA) is 29.5 Å². The highest BCUT2D eigenvalue weighted by Crippen LogP contribution is 2.23. The number of ether oxygens (including phenoxy) is 1. The van der Waals surface area contributed by atoms with Crippen LogP contribution < -0.4 is 4.90 Å². The lowest BCUT2D eigenvalue weighted by Gasteiger charge is -2.27. The highest BCUT2D eigenvalue weighted by molar-refractivity contribution is 5.84. The SMILES string of the molecule is COCC(C)N(C)c1c(F)cccc1C=O. The summed E-state index contributed by atoms with van der Waals surface area (Å²) >= 11 is 0. The number of aldehydes is 1. The first-order valence-electron chi connectivity index (χ1n) is 5.07. The number of carbonyl (C=O) groups excluding carboxylic acids is 1. The van der Waals surface area contributed by atoms with Crippen molar-refractivity contribution >= 4 is 12.0 Å². The summed E-state index contributed by atoms with van der Waals surface area (Å²) in [6.07, 6.45) is 0.661. The number of hydrogen-bond acceptors (Lipinski definition) is 3. The lowest BCUT2D eigenvalue weighted by molar-refractivity contribution is 0.112. The summed E-state index contributed by atoms with van der Waals surface area (Å²) < 4.78 is 18.7. The second-order valence-corrected chi connectivity index (χ2v) is 3.71. The molecule has 88 valence electrons. The van der Waals surface area contributed by atoms with Crippen LogP contribution in [0.2, 0.25) is 0 Å². The van der Waals surface area contributed by atoms with Crippen molar-refractivity contribution in [1.29, 1.82) is 0 Å². The number of carbonyl (C=O) groups is 1. The van der Waals surface area contributed by atoms with Crippen molar-refractivity contribution < 1.29 is 13.9 Å². The van der Waals surface area contributed by atoms with Gasteiger partial charge in [-0.15, -0.1) is 0 Å². The minimum absolute atomic E-state index is 0.000556. The van der Waals surface area contributed by atoms with Gasteiger partial charge in [0.15, 0.2) is 6.29 Å². The van der Waals surface area contributed by atoms with Crippen LogP contribution in [0.5, 0.6) is 0 Å². The molecule has 0 N–H and O–H groups in total. The van der Waals surface area contributed by atoms with Crippen LogP contribution in [0.25, 0.3) is 0 Å². The Labute approximate surface area is 94.8 Å². The molecule has 0 aliphatic carbocycles. The van der Waals surface area contributed by atoms with E-state index in [9.17, 15) is 9.18 Å². The number of anilines is 1. The lowest BCUT2D eigenvalue weighted by atomic mass is 10.1. The van der Waals surface area contributed by atoms with Gasteiger partial charge in [0.25, 0.3) is 0 Å². The van der Waals surface area contributed by atoms with Gasteiger partial charge >= 0.3 is 0 Å². The van der Waals surface area contributed by atoms with Crippen LogP contribution in [0.1, 0.15) is 17.3 Å². The van der Waals surface area contributed by atoms with Crippen LogP contribution in [0.3, 0.4) is 0 Å². The minimum atomic E-state index is -0.393. The summed E-state index contributed by atoms with van der Waals surface area (Å²) in [5.41, 5.74) is 0.674. The number of rotatable bonds is 5. The Hall–Kier alpha value is -1.42. The molecule has 4 heteroatoms. The van der Waals surface area contributed by atoms with E-state index >= 15 is 0 Å². The number of likely N-dealkylation sites (N-methyl/N-ethyl adjacent to an activating group) is 1. The van der Waals surface area contributed by atoms with Crippen LogP contribution in [0.15, 0.2) is 18.2 Å². The molecule has 1 aromatic carbocycles. The predicted octanol–water partition coefficient (Wildman–Crippen LogP) is 2.11. The van der Waals surface area contributed by atoms with E-state index in [2.05, 4.69) is 0 Å². The van der Waals surface area contributed by atoms with Gasteiger partial charge in [0.2, 0.25) is 0 Å². The molecule has 0 bridgehead atoms. The van der Waals surface area contributed by atoms with Gasteiger partial charge < -0.3 is 9.64 Å². The van der Waals surface area contributed by atoms with E-state index in [0.717, 1.165) is 0 Å². The third-order valence-corrected chi connectivity index (χ3v) is 2.57. The Morgan fingerprint density at radius 1 is 1.56 bits per heavy atom. The summed E-state index contributed by atoms with van der Waals surface area (Å²) in [6, 6.07) is 4.47. The number of nitrogens with zero attached hydrogens (tertiary/aromatic N) is 1. The molecule has 0 radical (unpaired) electrons. The van der Waals surface area contributed by atoms with E-state index in [1.807, 2.05) is 6.92 Å². The molecule has 0 spiro atoms. The fourth-order valence-electron chi connectivity index (χ4n) is 1.57. The third kappa shape index (κ3) is 2.58. The molecule has 0 saturated heterocycles. The first-order chi connectivity index (χ1) is 7.61. The van der Waals surface area contributed by atoms with Crippen molar-refractivity contribution in [2.45, 2.75) is 13.0 Å². The van der Waals surface area contributed by atoms with Crippen LogP contribution in [-0.4, -0.2) is 33.1 Å². The molecule has 1 unspecified atom stereocenters. The summed E-state index contributed by atoms with van der Waals surface area (Å²) in [5, 5.41) is 0. The first-order valence-corrected chi connectivity index (χ1v) is 5.07. The molecule has 1 atom stereocenters. The molecule has 1 rings (SSSR count). The molecule has 0 fully saturated rings. The van der Waals surface area contributed by atoms with Crippen molar-refractivity contribution in [3.8, 4) is 0 Å². The summed E-state index contributed by atoms with van der Waals surface area (Å²) in [4.78, 5) is 12.6. The second kappa shape index (κ2) is 5.61. The molecule has 16 heavy (non-hydrogen) atoms. The molecule has 0 saturated carbocycles. The maximum Gasteiger partial charge on any atom is 0.152 e. The van der Waals surface area contributed by atoms with Gasteiger partial charge in [-0.3, -0.25) is 4.79 Å². The van der Waals surface area contributed by atoms with Gasteiger partial charge in [0.05, 0.1) is 12.3 Å². The standard InChI is InChI=1S/C12H16FNO2/c1-9(8-16-3)14(2)12-10(7-15)5-4-6-11(12)13/h4-7,9H,8H2,1-3H3. The molecular weight excluding hydrogens is 209 g/mol. The van der Waals surface area contributed by atoms with Crippen LogP contribution >= 0.6 is 0 Å². The molecule has 0 amide bonds. The number of para-hydroxylation sites is 1.